The second-order valence-electron chi connectivity index (χ2n) is 10.2. The molecule has 2 aromatic carbocycles. The van der Waals surface area contributed by atoms with Crippen molar-refractivity contribution in [3.05, 3.63) is 94.1 Å². The maximum absolute atomic E-state index is 13.9. The highest BCUT2D eigenvalue weighted by Gasteiger charge is 2.19. The standard InChI is InChI=1S/C21H23ClFN.C12H21N/c1-4-5-6-16-17-11-18(22)19(23)12-20(17)24-21(16)14(3)15-9-7-13(2)8-10-15;1-6-7-12(5)13-9-8-11(4)10(2)3/h7-12,14,24H,4-6H2,1-3H3;8-10H,4,6-7H2,1-3,5H3/b;9-8-,13-12?. The van der Waals surface area contributed by atoms with E-state index in [1.54, 1.807) is 6.07 Å². The Labute approximate surface area is 228 Å². The molecule has 37 heavy (non-hydrogen) atoms. The summed E-state index contributed by atoms with van der Waals surface area (Å²) in [6.45, 7) is 18.9. The number of hydrogen-bond acceptors (Lipinski definition) is 1. The number of H-pyrrole nitrogens is 1. The maximum Gasteiger partial charge on any atom is 0.143 e. The molecule has 4 heteroatoms. The van der Waals surface area contributed by atoms with Crippen LogP contribution in [0.25, 0.3) is 10.9 Å². The monoisotopic (exact) mass is 522 g/mol. The summed E-state index contributed by atoms with van der Waals surface area (Å²) in [5.41, 5.74) is 8.10. The van der Waals surface area contributed by atoms with Gasteiger partial charge in [0.25, 0.3) is 0 Å². The molecule has 0 saturated carbocycles. The van der Waals surface area contributed by atoms with Gasteiger partial charge in [0, 0.05) is 34.4 Å². The van der Waals surface area contributed by atoms with Gasteiger partial charge in [0.15, 0.2) is 0 Å². The largest absolute Gasteiger partial charge is 0.358 e. The van der Waals surface area contributed by atoms with Crippen molar-refractivity contribution >= 4 is 28.2 Å². The highest BCUT2D eigenvalue weighted by molar-refractivity contribution is 6.31. The van der Waals surface area contributed by atoms with Crippen molar-refractivity contribution in [2.24, 2.45) is 10.9 Å². The number of aromatic amines is 1. The van der Waals surface area contributed by atoms with Crippen LogP contribution in [-0.4, -0.2) is 10.7 Å². The van der Waals surface area contributed by atoms with Crippen LogP contribution in [0.15, 0.2) is 65.8 Å². The Morgan fingerprint density at radius 2 is 1.78 bits per heavy atom. The molecule has 0 saturated heterocycles. The number of aliphatic imine (C=N–C) groups is 1. The molecule has 200 valence electrons. The van der Waals surface area contributed by atoms with E-state index in [-0.39, 0.29) is 16.8 Å². The molecule has 3 rings (SSSR count). The van der Waals surface area contributed by atoms with E-state index in [2.05, 4.69) is 89.3 Å². The van der Waals surface area contributed by atoms with Crippen molar-refractivity contribution in [3.63, 3.8) is 0 Å². The summed E-state index contributed by atoms with van der Waals surface area (Å²) in [5.74, 6) is 0.367. The van der Waals surface area contributed by atoms with Crippen LogP contribution in [0.3, 0.4) is 0 Å². The van der Waals surface area contributed by atoms with Gasteiger partial charge < -0.3 is 4.98 Å². The summed E-state index contributed by atoms with van der Waals surface area (Å²) in [6, 6.07) is 11.9. The van der Waals surface area contributed by atoms with Crippen LogP contribution < -0.4 is 0 Å². The lowest BCUT2D eigenvalue weighted by molar-refractivity contribution is 0.630. The number of nitrogens with one attached hydrogen (secondary N) is 1. The highest BCUT2D eigenvalue weighted by atomic mass is 35.5. The fourth-order valence-electron chi connectivity index (χ4n) is 4.16. The predicted octanol–water partition coefficient (Wildman–Crippen LogP) is 10.7. The number of hydrogen-bond donors (Lipinski definition) is 1. The third kappa shape index (κ3) is 9.00. The van der Waals surface area contributed by atoms with Gasteiger partial charge in [-0.2, -0.15) is 0 Å². The Bertz CT molecular complexity index is 1220. The Morgan fingerprint density at radius 3 is 2.38 bits per heavy atom. The number of fused-ring (bicyclic) bond motifs is 1. The Hall–Kier alpha value is -2.65. The van der Waals surface area contributed by atoms with Crippen molar-refractivity contribution in [1.82, 2.24) is 4.98 Å². The van der Waals surface area contributed by atoms with Crippen molar-refractivity contribution in [2.75, 3.05) is 0 Å². The molecule has 0 bridgehead atoms. The van der Waals surface area contributed by atoms with E-state index in [0.717, 1.165) is 48.6 Å². The van der Waals surface area contributed by atoms with E-state index < -0.39 is 0 Å². The van der Waals surface area contributed by atoms with Gasteiger partial charge in [0.05, 0.1) is 5.02 Å². The van der Waals surface area contributed by atoms with E-state index >= 15 is 0 Å². The van der Waals surface area contributed by atoms with Crippen LogP contribution >= 0.6 is 11.6 Å². The fraction of sp³-hybridized carbons (Fsp3) is 0.424. The second-order valence-corrected chi connectivity index (χ2v) is 10.6. The van der Waals surface area contributed by atoms with E-state index in [1.807, 2.05) is 12.3 Å². The van der Waals surface area contributed by atoms with Gasteiger partial charge in [-0.3, -0.25) is 4.99 Å². The minimum atomic E-state index is -0.373. The number of unbranched alkanes of at least 4 members (excludes halogenated alkanes) is 1. The van der Waals surface area contributed by atoms with Crippen LogP contribution in [0, 0.1) is 18.7 Å². The quantitative estimate of drug-likeness (QED) is 0.202. The zero-order valence-corrected chi connectivity index (χ0v) is 24.5. The topological polar surface area (TPSA) is 28.1 Å². The third-order valence-electron chi connectivity index (χ3n) is 6.71. The second kappa shape index (κ2) is 14.9. The average molecular weight is 523 g/mol. The van der Waals surface area contributed by atoms with Gasteiger partial charge in [-0.05, 0) is 68.4 Å². The molecule has 3 aromatic rings. The molecular formula is C33H44ClFN2. The van der Waals surface area contributed by atoms with Crippen LogP contribution in [0.1, 0.15) is 95.5 Å². The number of rotatable bonds is 10. The van der Waals surface area contributed by atoms with Crippen LogP contribution in [0.5, 0.6) is 0 Å². The number of aromatic nitrogens is 1. The summed E-state index contributed by atoms with van der Waals surface area (Å²) >= 11 is 6.03. The minimum absolute atomic E-state index is 0.189. The Morgan fingerprint density at radius 1 is 1.11 bits per heavy atom. The van der Waals surface area contributed by atoms with Crippen LogP contribution in [0.2, 0.25) is 5.02 Å². The third-order valence-corrected chi connectivity index (χ3v) is 7.00. The van der Waals surface area contributed by atoms with Gasteiger partial charge in [-0.25, -0.2) is 4.39 Å². The van der Waals surface area contributed by atoms with Gasteiger partial charge >= 0.3 is 0 Å². The first-order valence-electron chi connectivity index (χ1n) is 13.5. The lowest BCUT2D eigenvalue weighted by Gasteiger charge is -2.14. The normalized spacial score (nSPS) is 12.8. The van der Waals surface area contributed by atoms with Crippen molar-refractivity contribution in [1.29, 1.82) is 0 Å². The van der Waals surface area contributed by atoms with Gasteiger partial charge in [0.2, 0.25) is 0 Å². The highest BCUT2D eigenvalue weighted by Crippen LogP contribution is 2.35. The van der Waals surface area contributed by atoms with Gasteiger partial charge in [-0.1, -0.05) is 101 Å². The molecule has 1 unspecified atom stereocenters. The summed E-state index contributed by atoms with van der Waals surface area (Å²) in [4.78, 5) is 7.77. The minimum Gasteiger partial charge on any atom is -0.358 e. The molecule has 1 heterocycles. The molecule has 0 aliphatic heterocycles. The average Bonchev–Trinajstić information content (AvgIpc) is 3.20. The Kier molecular flexibility index (Phi) is 12.3. The molecule has 0 aliphatic carbocycles. The maximum atomic E-state index is 13.9. The molecule has 0 aliphatic rings. The zero-order chi connectivity index (χ0) is 27.5. The summed E-state index contributed by atoms with van der Waals surface area (Å²) in [5, 5.41) is 1.23. The first kappa shape index (κ1) is 30.6. The van der Waals surface area contributed by atoms with E-state index in [1.165, 1.54) is 34.2 Å². The summed E-state index contributed by atoms with van der Waals surface area (Å²) in [6.07, 6.45) is 9.30. The van der Waals surface area contributed by atoms with Gasteiger partial charge in [-0.15, -0.1) is 0 Å². The number of nitrogens with zero attached hydrogens (tertiary/aromatic N) is 1. The summed E-state index contributed by atoms with van der Waals surface area (Å²) < 4.78 is 13.9. The van der Waals surface area contributed by atoms with Crippen molar-refractivity contribution < 1.29 is 4.39 Å². The Balaban J connectivity index is 0.000000317. The predicted molar refractivity (Wildman–Crippen MR) is 162 cm³/mol. The molecule has 0 fully saturated rings. The lowest BCUT2D eigenvalue weighted by Crippen LogP contribution is -2.01. The number of benzene rings is 2. The van der Waals surface area contributed by atoms with Crippen molar-refractivity contribution in [2.45, 2.75) is 86.5 Å². The first-order valence-corrected chi connectivity index (χ1v) is 13.9. The molecule has 1 aromatic heterocycles. The molecule has 1 atom stereocenters. The van der Waals surface area contributed by atoms with Crippen LogP contribution in [-0.2, 0) is 6.42 Å². The van der Waals surface area contributed by atoms with Gasteiger partial charge in [0.1, 0.15) is 5.82 Å². The molecular weight excluding hydrogens is 479 g/mol. The van der Waals surface area contributed by atoms with Crippen molar-refractivity contribution in [3.8, 4) is 0 Å². The first-order chi connectivity index (χ1) is 17.6. The number of allylic oxidation sites excluding steroid dienone is 2. The van der Waals surface area contributed by atoms with E-state index in [9.17, 15) is 4.39 Å². The molecule has 2 nitrogen and oxygen atoms in total. The van der Waals surface area contributed by atoms with E-state index in [0.29, 0.717) is 5.92 Å². The zero-order valence-electron chi connectivity index (χ0n) is 23.7. The smallest absolute Gasteiger partial charge is 0.143 e. The summed E-state index contributed by atoms with van der Waals surface area (Å²) in [7, 11) is 0. The molecule has 0 amide bonds. The van der Waals surface area contributed by atoms with Crippen LogP contribution in [0.4, 0.5) is 4.39 Å². The number of halogens is 2. The molecule has 1 N–H and O–H groups in total. The molecule has 0 spiro atoms. The number of aryl methyl sites for hydroxylation is 2. The SMILES string of the molecule is C=C(/C=C\N=C(C)CCC)C(C)C.CCCCc1c(C(C)c2ccc(C)cc2)[nH]c2cc(F)c(Cl)cc12. The van der Waals surface area contributed by atoms with E-state index in [4.69, 9.17) is 11.6 Å². The molecule has 0 radical (unpaired) electrons. The fourth-order valence-corrected chi connectivity index (χ4v) is 4.32. The lowest BCUT2D eigenvalue weighted by atomic mass is 9.92.